The highest BCUT2D eigenvalue weighted by atomic mass is 127. The van der Waals surface area contributed by atoms with E-state index in [-0.39, 0.29) is 0 Å². The molecule has 0 unspecified atom stereocenters. The fraction of sp³-hybridized carbons (Fsp3) is 0.500. The summed E-state index contributed by atoms with van der Waals surface area (Å²) in [6, 6.07) is 0. The number of nitrogens with zero attached hydrogens (tertiary/aromatic N) is 2. The molecule has 0 bridgehead atoms. The van der Waals surface area contributed by atoms with E-state index in [2.05, 4.69) is 31.9 Å². The minimum absolute atomic E-state index is 0.513. The number of aromatic nitrogens is 2. The van der Waals surface area contributed by atoms with Crippen LogP contribution in [-0.4, -0.2) is 16.5 Å². The Balaban J connectivity index is 2.61. The third-order valence-corrected chi connectivity index (χ3v) is 2.09. The van der Waals surface area contributed by atoms with Crippen LogP contribution in [-0.2, 0) is 11.3 Å². The lowest BCUT2D eigenvalue weighted by molar-refractivity contribution is 0.179. The molecule has 0 aliphatic rings. The van der Waals surface area contributed by atoms with E-state index in [4.69, 9.17) is 4.74 Å². The molecule has 0 radical (unpaired) electrons. The number of hydrogen-bond donors (Lipinski definition) is 0. The zero-order valence-electron chi connectivity index (χ0n) is 4.80. The lowest BCUT2D eigenvalue weighted by atomic mass is 10.7. The molecule has 0 fully saturated rings. The molecule has 0 amide bonds. The van der Waals surface area contributed by atoms with Gasteiger partial charge in [-0.2, -0.15) is 4.37 Å². The molecular formula is C4H5IN2OS. The molecule has 1 aromatic heterocycles. The van der Waals surface area contributed by atoms with Gasteiger partial charge in [0.25, 0.3) is 0 Å². The molecule has 0 aromatic carbocycles. The summed E-state index contributed by atoms with van der Waals surface area (Å²) in [6.07, 6.45) is 0. The van der Waals surface area contributed by atoms with Gasteiger partial charge in [-0.15, -0.1) is 0 Å². The summed E-state index contributed by atoms with van der Waals surface area (Å²) in [5.74, 6) is 0.770. The van der Waals surface area contributed by atoms with Gasteiger partial charge in [-0.25, -0.2) is 4.98 Å². The Kier molecular flexibility index (Phi) is 2.80. The van der Waals surface area contributed by atoms with Gasteiger partial charge < -0.3 is 4.74 Å². The Morgan fingerprint density at radius 3 is 3.00 bits per heavy atom. The third-order valence-electron chi connectivity index (χ3n) is 0.717. The smallest absolute Gasteiger partial charge is 0.174 e. The van der Waals surface area contributed by atoms with E-state index in [0.717, 1.165) is 8.84 Å². The zero-order valence-corrected chi connectivity index (χ0v) is 7.77. The highest BCUT2D eigenvalue weighted by Crippen LogP contribution is 2.07. The second-order valence-electron chi connectivity index (χ2n) is 1.40. The summed E-state index contributed by atoms with van der Waals surface area (Å²) < 4.78 is 9.78. The van der Waals surface area contributed by atoms with Gasteiger partial charge in [0.15, 0.2) is 8.84 Å². The maximum absolute atomic E-state index is 4.82. The van der Waals surface area contributed by atoms with Gasteiger partial charge in [0.1, 0.15) is 6.61 Å². The van der Waals surface area contributed by atoms with Crippen molar-refractivity contribution >= 4 is 34.1 Å². The van der Waals surface area contributed by atoms with Crippen LogP contribution in [0.4, 0.5) is 0 Å². The Labute approximate surface area is 70.8 Å². The SMILES string of the molecule is COCc1nsc(I)n1. The van der Waals surface area contributed by atoms with Crippen molar-refractivity contribution in [2.75, 3.05) is 7.11 Å². The summed E-state index contributed by atoms with van der Waals surface area (Å²) in [4.78, 5) is 4.07. The molecule has 0 saturated carbocycles. The minimum Gasteiger partial charge on any atom is -0.377 e. The lowest BCUT2D eigenvalue weighted by Gasteiger charge is -1.86. The Bertz CT molecular complexity index is 190. The number of rotatable bonds is 2. The normalized spacial score (nSPS) is 10.0. The van der Waals surface area contributed by atoms with E-state index in [1.54, 1.807) is 7.11 Å². The maximum atomic E-state index is 4.82. The quantitative estimate of drug-likeness (QED) is 0.748. The van der Waals surface area contributed by atoms with E-state index >= 15 is 0 Å². The monoisotopic (exact) mass is 256 g/mol. The van der Waals surface area contributed by atoms with Crippen LogP contribution in [0.15, 0.2) is 0 Å². The number of halogens is 1. The van der Waals surface area contributed by atoms with Crippen molar-refractivity contribution in [3.63, 3.8) is 0 Å². The maximum Gasteiger partial charge on any atom is 0.174 e. The second-order valence-corrected chi connectivity index (χ2v) is 3.90. The number of hydrogen-bond acceptors (Lipinski definition) is 4. The molecule has 1 rings (SSSR count). The molecule has 1 heterocycles. The van der Waals surface area contributed by atoms with Gasteiger partial charge >= 0.3 is 0 Å². The van der Waals surface area contributed by atoms with E-state index in [1.807, 2.05) is 0 Å². The Morgan fingerprint density at radius 1 is 1.78 bits per heavy atom. The van der Waals surface area contributed by atoms with Crippen molar-refractivity contribution < 1.29 is 4.74 Å². The molecule has 3 nitrogen and oxygen atoms in total. The van der Waals surface area contributed by atoms with Gasteiger partial charge in [0, 0.05) is 7.11 Å². The van der Waals surface area contributed by atoms with Crippen LogP contribution in [0.25, 0.3) is 0 Å². The highest BCUT2D eigenvalue weighted by molar-refractivity contribution is 14.1. The average Bonchev–Trinajstić information content (AvgIpc) is 2.17. The molecule has 0 saturated heterocycles. The van der Waals surface area contributed by atoms with E-state index in [9.17, 15) is 0 Å². The first kappa shape index (κ1) is 7.36. The summed E-state index contributed by atoms with van der Waals surface area (Å²) in [6.45, 7) is 0.513. The third kappa shape index (κ3) is 2.15. The fourth-order valence-corrected chi connectivity index (χ4v) is 1.41. The molecule has 1 aromatic rings. The average molecular weight is 256 g/mol. The first-order chi connectivity index (χ1) is 4.33. The van der Waals surface area contributed by atoms with Gasteiger partial charge in [-0.1, -0.05) is 0 Å². The van der Waals surface area contributed by atoms with Gasteiger partial charge in [0.05, 0.1) is 0 Å². The molecular weight excluding hydrogens is 251 g/mol. The predicted octanol–water partition coefficient (Wildman–Crippen LogP) is 1.29. The first-order valence-corrected chi connectivity index (χ1v) is 4.15. The fourth-order valence-electron chi connectivity index (χ4n) is 0.420. The summed E-state index contributed by atoms with van der Waals surface area (Å²) in [7, 11) is 1.63. The van der Waals surface area contributed by atoms with Crippen molar-refractivity contribution in [2.24, 2.45) is 0 Å². The summed E-state index contributed by atoms with van der Waals surface area (Å²) in [5.41, 5.74) is 0. The Hall–Kier alpha value is 0.250. The van der Waals surface area contributed by atoms with Gasteiger partial charge in [-0.3, -0.25) is 0 Å². The Morgan fingerprint density at radius 2 is 2.56 bits per heavy atom. The molecule has 50 valence electrons. The number of ether oxygens (including phenoxy) is 1. The predicted molar refractivity (Wildman–Crippen MR) is 43.3 cm³/mol. The topological polar surface area (TPSA) is 35.0 Å². The largest absolute Gasteiger partial charge is 0.377 e. The van der Waals surface area contributed by atoms with E-state index in [1.165, 1.54) is 11.5 Å². The van der Waals surface area contributed by atoms with Crippen molar-refractivity contribution in [2.45, 2.75) is 6.61 Å². The van der Waals surface area contributed by atoms with Crippen molar-refractivity contribution in [1.82, 2.24) is 9.36 Å². The van der Waals surface area contributed by atoms with Crippen LogP contribution in [0.1, 0.15) is 5.82 Å². The lowest BCUT2D eigenvalue weighted by Crippen LogP contribution is -1.88. The molecule has 0 aliphatic carbocycles. The molecule has 0 N–H and O–H groups in total. The van der Waals surface area contributed by atoms with Crippen molar-refractivity contribution in [1.29, 1.82) is 0 Å². The first-order valence-electron chi connectivity index (χ1n) is 2.30. The standard InChI is InChI=1S/C4H5IN2OS/c1-8-2-3-6-4(5)9-7-3/h2H2,1H3. The number of methoxy groups -OCH3 is 1. The van der Waals surface area contributed by atoms with Gasteiger partial charge in [-0.05, 0) is 34.1 Å². The summed E-state index contributed by atoms with van der Waals surface area (Å²) >= 11 is 3.52. The van der Waals surface area contributed by atoms with Crippen LogP contribution in [0.3, 0.4) is 0 Å². The van der Waals surface area contributed by atoms with E-state index in [0.29, 0.717) is 6.61 Å². The second kappa shape index (κ2) is 3.43. The molecule has 5 heteroatoms. The van der Waals surface area contributed by atoms with Crippen LogP contribution in [0.5, 0.6) is 0 Å². The highest BCUT2D eigenvalue weighted by Gasteiger charge is 1.97. The molecule has 0 atom stereocenters. The van der Waals surface area contributed by atoms with Crippen molar-refractivity contribution in [3.05, 3.63) is 8.84 Å². The van der Waals surface area contributed by atoms with Crippen LogP contribution in [0.2, 0.25) is 0 Å². The van der Waals surface area contributed by atoms with E-state index < -0.39 is 0 Å². The van der Waals surface area contributed by atoms with Crippen LogP contribution >= 0.6 is 34.1 Å². The minimum atomic E-state index is 0.513. The van der Waals surface area contributed by atoms with Crippen LogP contribution < -0.4 is 0 Å². The zero-order chi connectivity index (χ0) is 6.69. The molecule has 0 aliphatic heterocycles. The summed E-state index contributed by atoms with van der Waals surface area (Å²) in [5, 5.41) is 0. The van der Waals surface area contributed by atoms with Crippen LogP contribution in [0, 0.1) is 3.01 Å². The van der Waals surface area contributed by atoms with Gasteiger partial charge in [0.2, 0.25) is 0 Å². The van der Waals surface area contributed by atoms with Crippen molar-refractivity contribution in [3.8, 4) is 0 Å². The molecule has 9 heavy (non-hydrogen) atoms. The molecule has 0 spiro atoms.